The molecule has 78 valence electrons. The fraction of sp³-hybridized carbons (Fsp3) is 0.700. The maximum absolute atomic E-state index is 11.1. The molecule has 0 aliphatic rings. The Balaban J connectivity index is 2.94. The first kappa shape index (κ1) is 10.9. The van der Waals surface area contributed by atoms with Gasteiger partial charge < -0.3 is 4.52 Å². The Labute approximate surface area is 83.7 Å². The van der Waals surface area contributed by atoms with Gasteiger partial charge in [0.2, 0.25) is 5.89 Å². The van der Waals surface area contributed by atoms with Crippen molar-refractivity contribution >= 4 is 5.78 Å². The summed E-state index contributed by atoms with van der Waals surface area (Å²) in [5, 5.41) is 3.85. The van der Waals surface area contributed by atoms with Crippen LogP contribution in [0.2, 0.25) is 0 Å². The molecule has 14 heavy (non-hydrogen) atoms. The average Bonchev–Trinajstić information content (AvgIpc) is 2.49. The van der Waals surface area contributed by atoms with E-state index >= 15 is 0 Å². The first-order chi connectivity index (χ1) is 6.32. The minimum Gasteiger partial charge on any atom is -0.339 e. The molecule has 0 aliphatic carbocycles. The smallest absolute Gasteiger partial charge is 0.236 e. The van der Waals surface area contributed by atoms with E-state index in [4.69, 9.17) is 4.52 Å². The van der Waals surface area contributed by atoms with E-state index in [0.717, 1.165) is 0 Å². The van der Waals surface area contributed by atoms with E-state index in [-0.39, 0.29) is 17.1 Å². The van der Waals surface area contributed by atoms with Crippen molar-refractivity contribution in [2.24, 2.45) is 0 Å². The number of carbonyl (C=O) groups excluding carboxylic acids is 1. The number of Topliss-reactive ketones (excluding diaryl/α,β-unsaturated/α-hetero) is 1. The number of hydrogen-bond acceptors (Lipinski definition) is 4. The molecule has 0 spiro atoms. The molecule has 1 aromatic rings. The lowest BCUT2D eigenvalue weighted by Gasteiger charge is -2.11. The zero-order chi connectivity index (χ0) is 10.9. The van der Waals surface area contributed by atoms with Gasteiger partial charge in [0.05, 0.1) is 5.92 Å². The molecule has 0 amide bonds. The van der Waals surface area contributed by atoms with Gasteiger partial charge in [-0.3, -0.25) is 4.79 Å². The highest BCUT2D eigenvalue weighted by atomic mass is 16.5. The summed E-state index contributed by atoms with van der Waals surface area (Å²) in [6.07, 6.45) is 0. The van der Waals surface area contributed by atoms with Crippen molar-refractivity contribution in [3.05, 3.63) is 11.7 Å². The van der Waals surface area contributed by atoms with Crippen molar-refractivity contribution in [3.63, 3.8) is 0 Å². The monoisotopic (exact) mass is 196 g/mol. The number of aromatic nitrogens is 2. The van der Waals surface area contributed by atoms with Gasteiger partial charge in [0, 0.05) is 5.41 Å². The summed E-state index contributed by atoms with van der Waals surface area (Å²) in [5.41, 5.74) is -0.141. The molecular weight excluding hydrogens is 180 g/mol. The van der Waals surface area contributed by atoms with Gasteiger partial charge in [-0.1, -0.05) is 25.9 Å². The predicted molar refractivity (Wildman–Crippen MR) is 52.1 cm³/mol. The van der Waals surface area contributed by atoms with Crippen LogP contribution in [-0.2, 0) is 10.2 Å². The van der Waals surface area contributed by atoms with Crippen LogP contribution in [0.25, 0.3) is 0 Å². The predicted octanol–water partition coefficient (Wildman–Crippen LogP) is 2.06. The molecule has 0 aliphatic heterocycles. The molecular formula is C10H16N2O2. The topological polar surface area (TPSA) is 56.0 Å². The molecule has 4 nitrogen and oxygen atoms in total. The summed E-state index contributed by atoms with van der Waals surface area (Å²) in [5.74, 6) is 0.774. The van der Waals surface area contributed by atoms with Crippen LogP contribution in [0.1, 0.15) is 52.3 Å². The zero-order valence-electron chi connectivity index (χ0n) is 9.29. The van der Waals surface area contributed by atoms with E-state index in [0.29, 0.717) is 11.7 Å². The largest absolute Gasteiger partial charge is 0.339 e. The van der Waals surface area contributed by atoms with Crippen LogP contribution in [0.4, 0.5) is 0 Å². The van der Waals surface area contributed by atoms with Crippen molar-refractivity contribution in [2.45, 2.75) is 46.0 Å². The van der Waals surface area contributed by atoms with Gasteiger partial charge in [0.15, 0.2) is 5.82 Å². The molecule has 4 heteroatoms. The van der Waals surface area contributed by atoms with E-state index in [9.17, 15) is 4.79 Å². The van der Waals surface area contributed by atoms with Crippen LogP contribution in [-0.4, -0.2) is 15.9 Å². The molecule has 1 heterocycles. The van der Waals surface area contributed by atoms with Crippen molar-refractivity contribution < 1.29 is 9.32 Å². The normalized spacial score (nSPS) is 14.1. The maximum Gasteiger partial charge on any atom is 0.236 e. The Morgan fingerprint density at radius 1 is 1.43 bits per heavy atom. The summed E-state index contributed by atoms with van der Waals surface area (Å²) in [4.78, 5) is 15.3. The fourth-order valence-electron chi connectivity index (χ4n) is 0.890. The molecule has 0 fully saturated rings. The molecule has 0 N–H and O–H groups in total. The van der Waals surface area contributed by atoms with E-state index in [1.165, 1.54) is 6.92 Å². The summed E-state index contributed by atoms with van der Waals surface area (Å²) in [6.45, 7) is 9.29. The third-order valence-corrected chi connectivity index (χ3v) is 2.09. The number of carbonyl (C=O) groups is 1. The lowest BCUT2D eigenvalue weighted by molar-refractivity contribution is -0.118. The van der Waals surface area contributed by atoms with Crippen LogP contribution < -0.4 is 0 Å². The van der Waals surface area contributed by atoms with Crippen molar-refractivity contribution in [3.8, 4) is 0 Å². The Bertz CT molecular complexity index is 336. The Kier molecular flexibility index (Phi) is 2.73. The van der Waals surface area contributed by atoms with E-state index in [1.54, 1.807) is 6.92 Å². The summed E-state index contributed by atoms with van der Waals surface area (Å²) < 4.78 is 5.03. The highest BCUT2D eigenvalue weighted by Crippen LogP contribution is 2.21. The van der Waals surface area contributed by atoms with Crippen LogP contribution in [0.5, 0.6) is 0 Å². The van der Waals surface area contributed by atoms with Crippen LogP contribution in [0, 0.1) is 0 Å². The molecule has 0 saturated carbocycles. The van der Waals surface area contributed by atoms with Crippen LogP contribution >= 0.6 is 0 Å². The van der Waals surface area contributed by atoms with Crippen molar-refractivity contribution in [1.82, 2.24) is 10.1 Å². The lowest BCUT2D eigenvalue weighted by Crippen LogP contribution is -2.14. The van der Waals surface area contributed by atoms with Crippen LogP contribution in [0.3, 0.4) is 0 Å². The van der Waals surface area contributed by atoms with Gasteiger partial charge in [0.25, 0.3) is 0 Å². The highest BCUT2D eigenvalue weighted by molar-refractivity contribution is 5.81. The summed E-state index contributed by atoms with van der Waals surface area (Å²) in [6, 6.07) is 0. The minimum atomic E-state index is -0.307. The number of ketones is 1. The van der Waals surface area contributed by atoms with Gasteiger partial charge >= 0.3 is 0 Å². The Morgan fingerprint density at radius 3 is 2.36 bits per heavy atom. The molecule has 0 saturated heterocycles. The first-order valence-corrected chi connectivity index (χ1v) is 4.67. The van der Waals surface area contributed by atoms with Gasteiger partial charge in [-0.2, -0.15) is 4.98 Å². The molecule has 1 atom stereocenters. The molecule has 0 bridgehead atoms. The third kappa shape index (κ3) is 2.19. The fourth-order valence-corrected chi connectivity index (χ4v) is 0.890. The van der Waals surface area contributed by atoms with Gasteiger partial charge in [0.1, 0.15) is 5.78 Å². The molecule has 0 radical (unpaired) electrons. The highest BCUT2D eigenvalue weighted by Gasteiger charge is 2.24. The van der Waals surface area contributed by atoms with E-state index in [2.05, 4.69) is 10.1 Å². The van der Waals surface area contributed by atoms with Crippen LogP contribution in [0.15, 0.2) is 4.52 Å². The lowest BCUT2D eigenvalue weighted by atomic mass is 9.96. The average molecular weight is 196 g/mol. The van der Waals surface area contributed by atoms with Gasteiger partial charge in [-0.15, -0.1) is 0 Å². The molecule has 1 aromatic heterocycles. The number of nitrogens with zero attached hydrogens (tertiary/aromatic N) is 2. The van der Waals surface area contributed by atoms with Crippen molar-refractivity contribution in [1.29, 1.82) is 0 Å². The van der Waals surface area contributed by atoms with E-state index in [1.807, 2.05) is 20.8 Å². The zero-order valence-corrected chi connectivity index (χ0v) is 9.29. The molecule has 0 aromatic carbocycles. The number of rotatable bonds is 2. The number of hydrogen-bond donors (Lipinski definition) is 0. The summed E-state index contributed by atoms with van der Waals surface area (Å²) in [7, 11) is 0. The second-order valence-corrected chi connectivity index (χ2v) is 4.54. The second-order valence-electron chi connectivity index (χ2n) is 4.54. The Hall–Kier alpha value is -1.19. The van der Waals surface area contributed by atoms with E-state index < -0.39 is 0 Å². The van der Waals surface area contributed by atoms with Gasteiger partial charge in [-0.05, 0) is 13.8 Å². The summed E-state index contributed by atoms with van der Waals surface area (Å²) >= 11 is 0. The van der Waals surface area contributed by atoms with Gasteiger partial charge in [-0.25, -0.2) is 0 Å². The first-order valence-electron chi connectivity index (χ1n) is 4.67. The molecule has 1 unspecified atom stereocenters. The maximum atomic E-state index is 11.1. The quantitative estimate of drug-likeness (QED) is 0.726. The third-order valence-electron chi connectivity index (χ3n) is 2.09. The SMILES string of the molecule is CC(=O)C(C)c1nc(C(C)(C)C)no1. The second kappa shape index (κ2) is 3.52. The standard InChI is InChI=1S/C10H16N2O2/c1-6(7(2)13)8-11-9(12-14-8)10(3,4)5/h6H,1-5H3. The van der Waals surface area contributed by atoms with Crippen molar-refractivity contribution in [2.75, 3.05) is 0 Å². The minimum absolute atomic E-state index is 0.0362. The molecule has 1 rings (SSSR count). The Morgan fingerprint density at radius 2 is 2.00 bits per heavy atom.